The van der Waals surface area contributed by atoms with E-state index in [0.717, 1.165) is 27.7 Å². The van der Waals surface area contributed by atoms with E-state index in [2.05, 4.69) is 20.6 Å². The number of hydrogen-bond donors (Lipinski definition) is 2. The molecule has 0 aliphatic carbocycles. The number of amides is 2. The van der Waals surface area contributed by atoms with Crippen molar-refractivity contribution in [2.45, 2.75) is 27.3 Å². The number of hydrogen-bond acceptors (Lipinski definition) is 5. The predicted molar refractivity (Wildman–Crippen MR) is 94.1 cm³/mol. The van der Waals surface area contributed by atoms with Crippen LogP contribution >= 0.6 is 11.3 Å². The number of nitrogens with one attached hydrogen (secondary N) is 2. The van der Waals surface area contributed by atoms with Gasteiger partial charge in [-0.1, -0.05) is 6.07 Å². The van der Waals surface area contributed by atoms with Crippen LogP contribution in [-0.4, -0.2) is 16.0 Å². The molecule has 0 unspecified atom stereocenters. The number of benzene rings is 1. The lowest BCUT2D eigenvalue weighted by atomic mass is 10.2. The van der Waals surface area contributed by atoms with E-state index >= 15 is 0 Å². The Morgan fingerprint density at radius 3 is 2.75 bits per heavy atom. The highest BCUT2D eigenvalue weighted by atomic mass is 32.1. The molecule has 2 aromatic heterocycles. The molecule has 2 amide bonds. The lowest BCUT2D eigenvalue weighted by Gasteiger charge is -2.07. The Kier molecular flexibility index (Phi) is 4.61. The molecular weight excluding hydrogens is 324 g/mol. The first-order chi connectivity index (χ1) is 11.5. The average Bonchev–Trinajstić information content (AvgIpc) is 3.12. The topological polar surface area (TPSA) is 80.0 Å². The monoisotopic (exact) mass is 342 g/mol. The zero-order valence-electron chi connectivity index (χ0n) is 13.7. The number of aromatic nitrogens is 2. The highest BCUT2D eigenvalue weighted by Crippen LogP contribution is 2.24. The molecule has 0 bridgehead atoms. The molecule has 2 heterocycles. The van der Waals surface area contributed by atoms with Crippen LogP contribution in [0.5, 0.6) is 0 Å². The quantitative estimate of drug-likeness (QED) is 0.750. The number of thiazole rings is 1. The molecule has 0 atom stereocenters. The van der Waals surface area contributed by atoms with Gasteiger partial charge in [-0.2, -0.15) is 0 Å². The van der Waals surface area contributed by atoms with Crippen LogP contribution in [0, 0.1) is 20.8 Å². The number of aryl methyl sites for hydroxylation is 3. The number of oxazole rings is 1. The molecule has 124 valence electrons. The summed E-state index contributed by atoms with van der Waals surface area (Å²) in [5, 5.41) is 8.51. The number of rotatable bonds is 4. The van der Waals surface area contributed by atoms with Gasteiger partial charge in [0, 0.05) is 16.6 Å². The van der Waals surface area contributed by atoms with Crippen LogP contribution in [0.4, 0.5) is 10.5 Å². The van der Waals surface area contributed by atoms with Crippen molar-refractivity contribution >= 4 is 23.1 Å². The van der Waals surface area contributed by atoms with Crippen molar-refractivity contribution in [3.63, 3.8) is 0 Å². The number of anilines is 1. The maximum Gasteiger partial charge on any atom is 0.319 e. The Balaban J connectivity index is 1.64. The SMILES string of the molecule is Cc1nc(CNC(=O)Nc2cccc(-c3nc(C)c(C)o3)c2)cs1. The van der Waals surface area contributed by atoms with Crippen LogP contribution in [-0.2, 0) is 6.54 Å². The first-order valence-electron chi connectivity index (χ1n) is 7.51. The van der Waals surface area contributed by atoms with Crippen molar-refractivity contribution < 1.29 is 9.21 Å². The van der Waals surface area contributed by atoms with Crippen molar-refractivity contribution in [2.75, 3.05) is 5.32 Å². The van der Waals surface area contributed by atoms with E-state index in [0.29, 0.717) is 18.1 Å². The number of carbonyl (C=O) groups excluding carboxylic acids is 1. The zero-order valence-corrected chi connectivity index (χ0v) is 14.5. The molecule has 0 aliphatic rings. The third-order valence-electron chi connectivity index (χ3n) is 3.49. The van der Waals surface area contributed by atoms with Crippen molar-refractivity contribution in [1.29, 1.82) is 0 Å². The first kappa shape index (κ1) is 16.2. The van der Waals surface area contributed by atoms with Gasteiger partial charge in [0.1, 0.15) is 5.76 Å². The summed E-state index contributed by atoms with van der Waals surface area (Å²) in [7, 11) is 0. The van der Waals surface area contributed by atoms with Crippen LogP contribution < -0.4 is 10.6 Å². The Bertz CT molecular complexity index is 850. The highest BCUT2D eigenvalue weighted by molar-refractivity contribution is 7.09. The lowest BCUT2D eigenvalue weighted by Crippen LogP contribution is -2.28. The summed E-state index contributed by atoms with van der Waals surface area (Å²) in [5.41, 5.74) is 3.21. The molecule has 3 rings (SSSR count). The summed E-state index contributed by atoms with van der Waals surface area (Å²) in [6, 6.07) is 7.11. The summed E-state index contributed by atoms with van der Waals surface area (Å²) < 4.78 is 5.62. The van der Waals surface area contributed by atoms with Gasteiger partial charge in [0.2, 0.25) is 5.89 Å². The Morgan fingerprint density at radius 1 is 1.25 bits per heavy atom. The Labute approximate surface area is 144 Å². The summed E-state index contributed by atoms with van der Waals surface area (Å²) in [4.78, 5) is 20.7. The second kappa shape index (κ2) is 6.84. The number of nitrogens with zero attached hydrogens (tertiary/aromatic N) is 2. The molecule has 6 nitrogen and oxygen atoms in total. The summed E-state index contributed by atoms with van der Waals surface area (Å²) in [5.74, 6) is 1.34. The molecule has 0 fully saturated rings. The molecule has 0 saturated heterocycles. The van der Waals surface area contributed by atoms with Crippen molar-refractivity contribution in [3.8, 4) is 11.5 Å². The molecule has 2 N–H and O–H groups in total. The van der Waals surface area contributed by atoms with Gasteiger partial charge in [0.25, 0.3) is 0 Å². The molecule has 3 aromatic rings. The first-order valence-corrected chi connectivity index (χ1v) is 8.39. The van der Waals surface area contributed by atoms with Crippen LogP contribution in [0.3, 0.4) is 0 Å². The van der Waals surface area contributed by atoms with Gasteiger partial charge in [-0.25, -0.2) is 14.8 Å². The van der Waals surface area contributed by atoms with E-state index in [-0.39, 0.29) is 6.03 Å². The lowest BCUT2D eigenvalue weighted by molar-refractivity contribution is 0.251. The molecule has 0 saturated carbocycles. The van der Waals surface area contributed by atoms with Crippen molar-refractivity contribution in [1.82, 2.24) is 15.3 Å². The van der Waals surface area contributed by atoms with E-state index < -0.39 is 0 Å². The standard InChI is InChI=1S/C17H18N4O2S/c1-10-11(2)23-16(19-10)13-5-4-6-14(7-13)21-17(22)18-8-15-9-24-12(3)20-15/h4-7,9H,8H2,1-3H3,(H2,18,21,22). The van der Waals surface area contributed by atoms with Crippen LogP contribution in [0.2, 0.25) is 0 Å². The number of urea groups is 1. The minimum absolute atomic E-state index is 0.280. The molecular formula is C17H18N4O2S. The van der Waals surface area contributed by atoms with Crippen LogP contribution in [0.1, 0.15) is 22.2 Å². The molecule has 0 radical (unpaired) electrons. The van der Waals surface area contributed by atoms with E-state index in [1.165, 1.54) is 0 Å². The van der Waals surface area contributed by atoms with Gasteiger partial charge in [0.15, 0.2) is 0 Å². The van der Waals surface area contributed by atoms with Gasteiger partial charge in [-0.05, 0) is 39.0 Å². The van der Waals surface area contributed by atoms with Crippen LogP contribution in [0.15, 0.2) is 34.1 Å². The highest BCUT2D eigenvalue weighted by Gasteiger charge is 2.10. The van der Waals surface area contributed by atoms with Crippen molar-refractivity contribution in [3.05, 3.63) is 51.8 Å². The van der Waals surface area contributed by atoms with Gasteiger partial charge in [-0.15, -0.1) is 11.3 Å². The Morgan fingerprint density at radius 2 is 2.08 bits per heavy atom. The largest absolute Gasteiger partial charge is 0.441 e. The van der Waals surface area contributed by atoms with E-state index in [9.17, 15) is 4.79 Å². The molecule has 0 spiro atoms. The molecule has 0 aliphatic heterocycles. The zero-order chi connectivity index (χ0) is 17.1. The number of carbonyl (C=O) groups is 1. The maximum atomic E-state index is 12.0. The fourth-order valence-electron chi connectivity index (χ4n) is 2.16. The summed E-state index contributed by atoms with van der Waals surface area (Å²) >= 11 is 1.56. The smallest absolute Gasteiger partial charge is 0.319 e. The predicted octanol–water partition coefficient (Wildman–Crippen LogP) is 4.05. The molecule has 7 heteroatoms. The molecule has 1 aromatic carbocycles. The minimum atomic E-state index is -0.280. The summed E-state index contributed by atoms with van der Waals surface area (Å²) in [6.07, 6.45) is 0. The third kappa shape index (κ3) is 3.80. The summed E-state index contributed by atoms with van der Waals surface area (Å²) in [6.45, 7) is 6.11. The second-order valence-electron chi connectivity index (χ2n) is 5.41. The normalized spacial score (nSPS) is 10.6. The third-order valence-corrected chi connectivity index (χ3v) is 4.31. The van der Waals surface area contributed by atoms with Gasteiger partial charge in [0.05, 0.1) is 22.9 Å². The maximum absolute atomic E-state index is 12.0. The van der Waals surface area contributed by atoms with Gasteiger partial charge >= 0.3 is 6.03 Å². The van der Waals surface area contributed by atoms with E-state index in [1.54, 1.807) is 11.3 Å². The second-order valence-corrected chi connectivity index (χ2v) is 6.47. The molecule has 24 heavy (non-hydrogen) atoms. The minimum Gasteiger partial charge on any atom is -0.441 e. The van der Waals surface area contributed by atoms with E-state index in [1.807, 2.05) is 50.4 Å². The van der Waals surface area contributed by atoms with Crippen LogP contribution in [0.25, 0.3) is 11.5 Å². The fraction of sp³-hybridized carbons (Fsp3) is 0.235. The van der Waals surface area contributed by atoms with Gasteiger partial charge in [-0.3, -0.25) is 0 Å². The van der Waals surface area contributed by atoms with E-state index in [4.69, 9.17) is 4.42 Å². The Hall–Kier alpha value is -2.67. The average molecular weight is 342 g/mol. The van der Waals surface area contributed by atoms with Gasteiger partial charge < -0.3 is 15.1 Å². The van der Waals surface area contributed by atoms with Crippen molar-refractivity contribution in [2.24, 2.45) is 0 Å². The fourth-order valence-corrected chi connectivity index (χ4v) is 2.77.